The van der Waals surface area contributed by atoms with Crippen LogP contribution in [0.4, 0.5) is 0 Å². The van der Waals surface area contributed by atoms with Gasteiger partial charge in [-0.15, -0.1) is 0 Å². The number of carbonyl (C=O) groups is 1. The third kappa shape index (κ3) is 4.05. The molecule has 0 radical (unpaired) electrons. The number of hydrogen-bond acceptors (Lipinski definition) is 3. The topological polar surface area (TPSA) is 60.9 Å². The molecule has 1 heterocycles. The van der Waals surface area contributed by atoms with Crippen molar-refractivity contribution in [3.8, 4) is 0 Å². The highest BCUT2D eigenvalue weighted by atomic mass is 35.5. The third-order valence-electron chi connectivity index (χ3n) is 3.29. The Morgan fingerprint density at radius 1 is 1.47 bits per heavy atom. The van der Waals surface area contributed by atoms with Gasteiger partial charge in [0.15, 0.2) is 0 Å². The summed E-state index contributed by atoms with van der Waals surface area (Å²) in [5.74, 6) is 0.537. The zero-order valence-electron chi connectivity index (χ0n) is 12.2. The summed E-state index contributed by atoms with van der Waals surface area (Å²) >= 11 is 6.22. The van der Waals surface area contributed by atoms with Crippen LogP contribution in [0.1, 0.15) is 38.6 Å². The molecular formula is C14H24ClN3O. The van der Waals surface area contributed by atoms with Crippen LogP contribution in [0.25, 0.3) is 0 Å². The highest BCUT2D eigenvalue weighted by molar-refractivity contribution is 6.32. The second-order valence-electron chi connectivity index (χ2n) is 5.37. The van der Waals surface area contributed by atoms with Gasteiger partial charge in [-0.25, -0.2) is 0 Å². The SMILES string of the molecule is CCn1nc(C)c(Cl)c1CC(=O)C(CN)CC(C)C. The molecule has 19 heavy (non-hydrogen) atoms. The number of halogens is 1. The van der Waals surface area contributed by atoms with E-state index in [9.17, 15) is 4.79 Å². The average molecular weight is 286 g/mol. The molecule has 1 aromatic heterocycles. The smallest absolute Gasteiger partial charge is 0.143 e. The summed E-state index contributed by atoms with van der Waals surface area (Å²) in [7, 11) is 0. The number of hydrogen-bond donors (Lipinski definition) is 1. The summed E-state index contributed by atoms with van der Waals surface area (Å²) in [6.07, 6.45) is 1.15. The minimum atomic E-state index is -0.0865. The number of Topliss-reactive ketones (excluding diaryl/α,β-unsaturated/α-hetero) is 1. The Labute approximate surface area is 120 Å². The molecule has 1 aromatic rings. The summed E-state index contributed by atoms with van der Waals surface area (Å²) in [5, 5.41) is 4.94. The summed E-state index contributed by atoms with van der Waals surface area (Å²) in [4.78, 5) is 12.3. The van der Waals surface area contributed by atoms with Crippen LogP contribution in [0.15, 0.2) is 0 Å². The minimum absolute atomic E-state index is 0.0865. The average Bonchev–Trinajstić information content (AvgIpc) is 2.63. The number of nitrogens with two attached hydrogens (primary N) is 1. The largest absolute Gasteiger partial charge is 0.330 e. The Bertz CT molecular complexity index is 440. The number of carbonyl (C=O) groups excluding carboxylic acids is 1. The fourth-order valence-electron chi connectivity index (χ4n) is 2.28. The van der Waals surface area contributed by atoms with Crippen LogP contribution >= 0.6 is 11.6 Å². The summed E-state index contributed by atoms with van der Waals surface area (Å²) < 4.78 is 1.80. The van der Waals surface area contributed by atoms with Crippen molar-refractivity contribution >= 4 is 17.4 Å². The van der Waals surface area contributed by atoms with E-state index >= 15 is 0 Å². The Kier molecular flexibility index (Phi) is 6.01. The van der Waals surface area contributed by atoms with E-state index in [-0.39, 0.29) is 11.7 Å². The van der Waals surface area contributed by atoms with Crippen molar-refractivity contribution in [2.24, 2.45) is 17.6 Å². The van der Waals surface area contributed by atoms with Gasteiger partial charge >= 0.3 is 0 Å². The van der Waals surface area contributed by atoms with Gasteiger partial charge in [0.2, 0.25) is 0 Å². The zero-order valence-corrected chi connectivity index (χ0v) is 13.0. The molecule has 1 atom stereocenters. The van der Waals surface area contributed by atoms with Gasteiger partial charge in [-0.3, -0.25) is 9.48 Å². The first-order valence-electron chi connectivity index (χ1n) is 6.85. The first kappa shape index (κ1) is 16.2. The third-order valence-corrected chi connectivity index (χ3v) is 3.78. The Morgan fingerprint density at radius 2 is 2.11 bits per heavy atom. The van der Waals surface area contributed by atoms with Crippen LogP contribution in [0, 0.1) is 18.8 Å². The van der Waals surface area contributed by atoms with Crippen molar-refractivity contribution in [1.29, 1.82) is 0 Å². The molecule has 0 fully saturated rings. The Balaban J connectivity index is 2.86. The normalized spacial score (nSPS) is 13.0. The van der Waals surface area contributed by atoms with Gasteiger partial charge in [-0.05, 0) is 26.2 Å². The Morgan fingerprint density at radius 3 is 2.58 bits per heavy atom. The lowest BCUT2D eigenvalue weighted by Crippen LogP contribution is -2.27. The minimum Gasteiger partial charge on any atom is -0.330 e. The highest BCUT2D eigenvalue weighted by Gasteiger charge is 2.22. The first-order valence-corrected chi connectivity index (χ1v) is 7.23. The maximum atomic E-state index is 12.3. The van der Waals surface area contributed by atoms with Crippen LogP contribution in [0.3, 0.4) is 0 Å². The first-order chi connectivity index (χ1) is 8.90. The quantitative estimate of drug-likeness (QED) is 0.838. The molecule has 2 N–H and O–H groups in total. The predicted octanol–water partition coefficient (Wildman–Crippen LogP) is 2.60. The molecule has 0 aliphatic rings. The highest BCUT2D eigenvalue weighted by Crippen LogP contribution is 2.23. The molecule has 1 unspecified atom stereocenters. The van der Waals surface area contributed by atoms with E-state index in [1.165, 1.54) is 0 Å². The lowest BCUT2D eigenvalue weighted by atomic mass is 9.91. The molecule has 0 bridgehead atoms. The van der Waals surface area contributed by atoms with Crippen LogP contribution < -0.4 is 5.73 Å². The molecule has 4 nitrogen and oxygen atoms in total. The van der Waals surface area contributed by atoms with Crippen molar-refractivity contribution in [2.45, 2.75) is 47.1 Å². The lowest BCUT2D eigenvalue weighted by Gasteiger charge is -2.16. The second kappa shape index (κ2) is 7.06. The zero-order chi connectivity index (χ0) is 14.6. The van der Waals surface area contributed by atoms with Crippen LogP contribution in [-0.4, -0.2) is 22.1 Å². The van der Waals surface area contributed by atoms with Gasteiger partial charge in [0.25, 0.3) is 0 Å². The Hall–Kier alpha value is -0.870. The molecule has 0 spiro atoms. The molecular weight excluding hydrogens is 262 g/mol. The van der Waals surface area contributed by atoms with Crippen molar-refractivity contribution in [3.05, 3.63) is 16.4 Å². The van der Waals surface area contributed by atoms with Crippen LogP contribution in [-0.2, 0) is 17.8 Å². The number of nitrogens with zero attached hydrogens (tertiary/aromatic N) is 2. The monoisotopic (exact) mass is 285 g/mol. The number of rotatable bonds is 7. The van der Waals surface area contributed by atoms with E-state index in [1.807, 2.05) is 13.8 Å². The van der Waals surface area contributed by atoms with Gasteiger partial charge in [0.1, 0.15) is 5.78 Å². The molecule has 1 rings (SSSR count). The molecule has 0 saturated heterocycles. The van der Waals surface area contributed by atoms with Crippen molar-refractivity contribution in [2.75, 3.05) is 6.54 Å². The standard InChI is InChI=1S/C14H24ClN3O/c1-5-18-12(14(15)10(4)17-18)7-13(19)11(8-16)6-9(2)3/h9,11H,5-8,16H2,1-4H3. The fourth-order valence-corrected chi connectivity index (χ4v) is 2.48. The second-order valence-corrected chi connectivity index (χ2v) is 5.75. The van der Waals surface area contributed by atoms with Gasteiger partial charge in [-0.1, -0.05) is 25.4 Å². The molecule has 108 valence electrons. The van der Waals surface area contributed by atoms with Crippen LogP contribution in [0.2, 0.25) is 5.02 Å². The molecule has 0 aliphatic carbocycles. The van der Waals surface area contributed by atoms with E-state index in [2.05, 4.69) is 18.9 Å². The number of aryl methyl sites for hydroxylation is 2. The summed E-state index contributed by atoms with van der Waals surface area (Å²) in [6, 6.07) is 0. The van der Waals surface area contributed by atoms with Crippen molar-refractivity contribution in [1.82, 2.24) is 9.78 Å². The van der Waals surface area contributed by atoms with E-state index < -0.39 is 0 Å². The van der Waals surface area contributed by atoms with E-state index in [0.29, 0.717) is 30.5 Å². The van der Waals surface area contributed by atoms with Crippen molar-refractivity contribution < 1.29 is 4.79 Å². The molecule has 0 aromatic carbocycles. The van der Waals surface area contributed by atoms with Gasteiger partial charge in [-0.2, -0.15) is 5.10 Å². The number of aromatic nitrogens is 2. The van der Waals surface area contributed by atoms with E-state index in [4.69, 9.17) is 17.3 Å². The van der Waals surface area contributed by atoms with Gasteiger partial charge in [0.05, 0.1) is 22.8 Å². The maximum absolute atomic E-state index is 12.3. The maximum Gasteiger partial charge on any atom is 0.143 e. The summed E-state index contributed by atoms with van der Waals surface area (Å²) in [5.41, 5.74) is 7.30. The number of ketones is 1. The lowest BCUT2D eigenvalue weighted by molar-refractivity contribution is -0.122. The van der Waals surface area contributed by atoms with Gasteiger partial charge in [0, 0.05) is 19.0 Å². The molecule has 0 amide bonds. The molecule has 0 saturated carbocycles. The molecule has 5 heteroatoms. The van der Waals surface area contributed by atoms with Crippen LogP contribution in [0.5, 0.6) is 0 Å². The van der Waals surface area contributed by atoms with Crippen molar-refractivity contribution in [3.63, 3.8) is 0 Å². The van der Waals surface area contributed by atoms with E-state index in [0.717, 1.165) is 17.8 Å². The fraction of sp³-hybridized carbons (Fsp3) is 0.714. The van der Waals surface area contributed by atoms with Gasteiger partial charge < -0.3 is 5.73 Å². The summed E-state index contributed by atoms with van der Waals surface area (Å²) in [6.45, 7) is 9.16. The molecule has 0 aliphatic heterocycles. The van der Waals surface area contributed by atoms with E-state index in [1.54, 1.807) is 4.68 Å². The predicted molar refractivity (Wildman–Crippen MR) is 78.4 cm³/mol.